The normalized spacial score (nSPS) is 11.2. The lowest BCUT2D eigenvalue weighted by Crippen LogP contribution is -2.30. The van der Waals surface area contributed by atoms with E-state index in [1.54, 1.807) is 11.9 Å². The van der Waals surface area contributed by atoms with Crippen molar-refractivity contribution in [1.82, 2.24) is 20.0 Å². The van der Waals surface area contributed by atoms with Crippen molar-refractivity contribution in [2.45, 2.75) is 40.2 Å². The van der Waals surface area contributed by atoms with Crippen molar-refractivity contribution in [1.29, 1.82) is 0 Å². The smallest absolute Gasteiger partial charge is 0.321 e. The predicted molar refractivity (Wildman–Crippen MR) is 100 cm³/mol. The van der Waals surface area contributed by atoms with Gasteiger partial charge in [-0.3, -0.25) is 0 Å². The van der Waals surface area contributed by atoms with Crippen LogP contribution in [0, 0.1) is 13.8 Å². The monoisotopic (exact) mass is 353 g/mol. The highest BCUT2D eigenvalue weighted by Gasteiger charge is 2.14. The molecule has 2 heterocycles. The van der Waals surface area contributed by atoms with Crippen LogP contribution in [0.2, 0.25) is 0 Å². The molecule has 7 heteroatoms. The fourth-order valence-electron chi connectivity index (χ4n) is 2.52. The van der Waals surface area contributed by atoms with Crippen LogP contribution >= 0.6 is 0 Å². The van der Waals surface area contributed by atoms with Crippen LogP contribution in [-0.4, -0.2) is 33.1 Å². The molecule has 0 saturated heterocycles. The molecule has 0 fully saturated rings. The molecule has 0 aliphatic heterocycles. The second kappa shape index (κ2) is 7.11. The second-order valence-electron chi connectivity index (χ2n) is 6.76. The van der Waals surface area contributed by atoms with Gasteiger partial charge < -0.3 is 14.7 Å². The van der Waals surface area contributed by atoms with E-state index in [0.717, 1.165) is 33.9 Å². The number of benzene rings is 1. The summed E-state index contributed by atoms with van der Waals surface area (Å²) in [5.41, 5.74) is 4.75. The first-order valence-electron chi connectivity index (χ1n) is 8.56. The molecule has 3 aromatic rings. The van der Waals surface area contributed by atoms with Gasteiger partial charge in [-0.05, 0) is 32.0 Å². The second-order valence-corrected chi connectivity index (χ2v) is 6.76. The van der Waals surface area contributed by atoms with Crippen molar-refractivity contribution >= 4 is 22.8 Å². The molecular formula is C19H23N5O2. The van der Waals surface area contributed by atoms with E-state index in [4.69, 9.17) is 4.52 Å². The summed E-state index contributed by atoms with van der Waals surface area (Å²) in [4.78, 5) is 23.0. The Hall–Kier alpha value is -2.96. The van der Waals surface area contributed by atoms with E-state index in [1.807, 2.05) is 52.0 Å². The number of carbonyl (C=O) groups excluding carboxylic acids is 1. The van der Waals surface area contributed by atoms with E-state index in [1.165, 1.54) is 0 Å². The van der Waals surface area contributed by atoms with E-state index in [0.29, 0.717) is 12.2 Å². The van der Waals surface area contributed by atoms with E-state index < -0.39 is 0 Å². The number of hydrogen-bond donors (Lipinski definition) is 1. The lowest BCUT2D eigenvalue weighted by atomic mass is 10.1. The molecule has 0 spiro atoms. The van der Waals surface area contributed by atoms with Gasteiger partial charge in [0.05, 0.1) is 29.0 Å². The molecule has 7 nitrogen and oxygen atoms in total. The molecule has 2 aromatic heterocycles. The number of amides is 2. The maximum atomic E-state index is 12.4. The number of hydrogen-bond acceptors (Lipinski definition) is 5. The number of fused-ring (bicyclic) bond motifs is 1. The predicted octanol–water partition coefficient (Wildman–Crippen LogP) is 4.02. The molecule has 0 saturated carbocycles. The number of nitrogens with one attached hydrogen (secondary N) is 1. The minimum atomic E-state index is -0.227. The maximum Gasteiger partial charge on any atom is 0.321 e. The fourth-order valence-corrected chi connectivity index (χ4v) is 2.52. The van der Waals surface area contributed by atoms with Gasteiger partial charge in [0, 0.05) is 24.7 Å². The Morgan fingerprint density at radius 2 is 1.85 bits per heavy atom. The number of aromatic nitrogens is 3. The Bertz CT molecular complexity index is 948. The van der Waals surface area contributed by atoms with Crippen LogP contribution in [-0.2, 0) is 6.54 Å². The summed E-state index contributed by atoms with van der Waals surface area (Å²) in [6.07, 6.45) is 0. The van der Waals surface area contributed by atoms with Crippen LogP contribution in [0.25, 0.3) is 11.0 Å². The first-order valence-corrected chi connectivity index (χ1v) is 8.56. The van der Waals surface area contributed by atoms with Gasteiger partial charge >= 0.3 is 6.03 Å². The Labute approximate surface area is 152 Å². The third kappa shape index (κ3) is 3.82. The van der Waals surface area contributed by atoms with Gasteiger partial charge in [-0.1, -0.05) is 19.0 Å². The Kier molecular flexibility index (Phi) is 4.88. The Morgan fingerprint density at radius 3 is 2.50 bits per heavy atom. The van der Waals surface area contributed by atoms with Crippen LogP contribution in [0.3, 0.4) is 0 Å². The van der Waals surface area contributed by atoms with Crippen LogP contribution in [0.15, 0.2) is 28.8 Å². The Morgan fingerprint density at radius 1 is 1.15 bits per heavy atom. The van der Waals surface area contributed by atoms with Gasteiger partial charge in [0.15, 0.2) is 0 Å². The quantitative estimate of drug-likeness (QED) is 0.766. The van der Waals surface area contributed by atoms with Crippen molar-refractivity contribution < 1.29 is 9.32 Å². The summed E-state index contributed by atoms with van der Waals surface area (Å²) in [5.74, 6) is 1.08. The molecule has 0 unspecified atom stereocenters. The molecule has 0 aliphatic rings. The summed E-state index contributed by atoms with van der Waals surface area (Å²) in [5, 5.41) is 6.89. The zero-order valence-electron chi connectivity index (χ0n) is 15.7. The van der Waals surface area contributed by atoms with E-state index in [2.05, 4.69) is 20.4 Å². The third-order valence-electron chi connectivity index (χ3n) is 4.22. The number of carbonyl (C=O) groups is 1. The summed E-state index contributed by atoms with van der Waals surface area (Å²) in [6, 6.07) is 7.16. The minimum absolute atomic E-state index is 0.227. The highest BCUT2D eigenvalue weighted by atomic mass is 16.5. The SMILES string of the molecule is Cc1nc2ccc(NC(=O)N(C)Cc3cc(C(C)C)on3)cc2nc1C. The molecule has 0 aliphatic carbocycles. The molecule has 136 valence electrons. The summed E-state index contributed by atoms with van der Waals surface area (Å²) in [7, 11) is 1.72. The maximum absolute atomic E-state index is 12.4. The van der Waals surface area contributed by atoms with Crippen LogP contribution in [0.4, 0.5) is 10.5 Å². The van der Waals surface area contributed by atoms with E-state index in [-0.39, 0.29) is 11.9 Å². The average molecular weight is 353 g/mol. The van der Waals surface area contributed by atoms with Crippen molar-refractivity contribution in [2.24, 2.45) is 0 Å². The average Bonchev–Trinajstić information content (AvgIpc) is 3.05. The van der Waals surface area contributed by atoms with Gasteiger partial charge in [-0.15, -0.1) is 0 Å². The van der Waals surface area contributed by atoms with E-state index in [9.17, 15) is 4.79 Å². The Balaban J connectivity index is 1.70. The molecule has 3 rings (SSSR count). The van der Waals surface area contributed by atoms with Gasteiger partial charge in [-0.25, -0.2) is 14.8 Å². The fraction of sp³-hybridized carbons (Fsp3) is 0.368. The van der Waals surface area contributed by atoms with Crippen molar-refractivity contribution in [3.8, 4) is 0 Å². The number of nitrogens with zero attached hydrogens (tertiary/aromatic N) is 4. The molecule has 0 bridgehead atoms. The number of urea groups is 1. The van der Waals surface area contributed by atoms with Crippen molar-refractivity contribution in [3.63, 3.8) is 0 Å². The van der Waals surface area contributed by atoms with Gasteiger partial charge in [-0.2, -0.15) is 0 Å². The highest BCUT2D eigenvalue weighted by Crippen LogP contribution is 2.19. The van der Waals surface area contributed by atoms with Crippen molar-refractivity contribution in [2.75, 3.05) is 12.4 Å². The molecule has 0 radical (unpaired) electrons. The molecule has 1 N–H and O–H groups in total. The number of rotatable bonds is 4. The van der Waals surface area contributed by atoms with Gasteiger partial charge in [0.25, 0.3) is 0 Å². The van der Waals surface area contributed by atoms with Crippen LogP contribution < -0.4 is 5.32 Å². The molecular weight excluding hydrogens is 330 g/mol. The zero-order chi connectivity index (χ0) is 18.8. The largest absolute Gasteiger partial charge is 0.361 e. The lowest BCUT2D eigenvalue weighted by molar-refractivity contribution is 0.219. The molecule has 0 atom stereocenters. The summed E-state index contributed by atoms with van der Waals surface area (Å²) < 4.78 is 5.27. The minimum Gasteiger partial charge on any atom is -0.361 e. The number of anilines is 1. The molecule has 1 aromatic carbocycles. The van der Waals surface area contributed by atoms with E-state index >= 15 is 0 Å². The standard InChI is InChI=1S/C19H23N5O2/c1-11(2)18-9-15(23-26-18)10-24(5)19(25)22-14-6-7-16-17(8-14)21-13(4)12(3)20-16/h6-9,11H,10H2,1-5H3,(H,22,25). The topological polar surface area (TPSA) is 84.2 Å². The first kappa shape index (κ1) is 17.8. The number of aryl methyl sites for hydroxylation is 2. The lowest BCUT2D eigenvalue weighted by Gasteiger charge is -2.16. The molecule has 2 amide bonds. The summed E-state index contributed by atoms with van der Waals surface area (Å²) in [6.45, 7) is 8.29. The van der Waals surface area contributed by atoms with Crippen molar-refractivity contribution in [3.05, 3.63) is 47.1 Å². The van der Waals surface area contributed by atoms with Crippen LogP contribution in [0.1, 0.15) is 42.6 Å². The zero-order valence-corrected chi connectivity index (χ0v) is 15.7. The third-order valence-corrected chi connectivity index (χ3v) is 4.22. The summed E-state index contributed by atoms with van der Waals surface area (Å²) >= 11 is 0. The molecule has 26 heavy (non-hydrogen) atoms. The first-order chi connectivity index (χ1) is 12.3. The van der Waals surface area contributed by atoms with Gasteiger partial charge in [0.2, 0.25) is 0 Å². The van der Waals surface area contributed by atoms with Crippen LogP contribution in [0.5, 0.6) is 0 Å². The van der Waals surface area contributed by atoms with Gasteiger partial charge in [0.1, 0.15) is 11.5 Å². The highest BCUT2D eigenvalue weighted by molar-refractivity contribution is 5.91.